The Kier molecular flexibility index (Phi) is 4.42. The van der Waals surface area contributed by atoms with Crippen LogP contribution < -0.4 is 4.90 Å². The van der Waals surface area contributed by atoms with Crippen molar-refractivity contribution in [1.29, 1.82) is 0 Å². The van der Waals surface area contributed by atoms with Gasteiger partial charge in [0, 0.05) is 47.2 Å². The second kappa shape index (κ2) is 15.6. The number of hydrogen-bond donors (Lipinski definition) is 0. The molecule has 10 aromatic carbocycles. The second-order valence-corrected chi connectivity index (χ2v) is 15.0. The van der Waals surface area contributed by atoms with E-state index < -0.39 is 231 Å². The molecule has 1 heterocycles. The van der Waals surface area contributed by atoms with Crippen LogP contribution in [0, 0.1) is 0 Å². The van der Waals surface area contributed by atoms with Crippen LogP contribution in [-0.2, 0) is 5.41 Å². The molecule has 2 heteroatoms. The molecule has 0 saturated heterocycles. The third kappa shape index (κ3) is 6.57. The van der Waals surface area contributed by atoms with E-state index >= 15 is 0 Å². The molecule has 65 heavy (non-hydrogen) atoms. The van der Waals surface area contributed by atoms with Crippen molar-refractivity contribution in [3.05, 3.63) is 253 Å². The SMILES string of the molecule is [2H]c1c([2H])c([2H])c(-c2c([2H])c([2H])c([2H])c([2H])c2-c2c([2H])c([2H])c(N(c3c([2H])c([2H])c(-c4ccc5c(c4)c4ccccc4n5-c4ccc(-c5ccccc5)cc4)c([2H])c3[2H])c3c([2H])c([2H])c4c(c3[2H])C(C([2H])([2H])[2H])(C([2H])([2H])[2H])c3c([2H])c([2H])c([2H])c([2H])c3-4)c([2H])c2[2H])c([2H])c1[2H]. The minimum atomic E-state index is -3.99. The Bertz CT molecular complexity index is 5110. The number of fused-ring (bicyclic) bond motifs is 6. The Morgan fingerprint density at radius 3 is 1.68 bits per heavy atom. The van der Waals surface area contributed by atoms with Gasteiger partial charge in [-0.05, 0) is 133 Å². The molecule has 12 rings (SSSR count). The average Bonchev–Trinajstić information content (AvgIpc) is 1.52. The summed E-state index contributed by atoms with van der Waals surface area (Å²) < 4.78 is 279. The van der Waals surface area contributed by atoms with Gasteiger partial charge in [0.1, 0.15) is 0 Å². The largest absolute Gasteiger partial charge is 0.310 e. The van der Waals surface area contributed by atoms with Crippen LogP contribution in [0.2, 0.25) is 0 Å². The quantitative estimate of drug-likeness (QED) is 0.148. The Balaban J connectivity index is 1.18. The molecule has 0 fully saturated rings. The summed E-state index contributed by atoms with van der Waals surface area (Å²) in [6.45, 7) is -7.98. The van der Waals surface area contributed by atoms with E-state index in [1.807, 2.05) is 77.4 Å². The molecule has 1 aromatic heterocycles. The predicted octanol–water partition coefficient (Wildman–Crippen LogP) is 17.2. The average molecular weight is 861 g/mol. The van der Waals surface area contributed by atoms with Crippen molar-refractivity contribution in [3.8, 4) is 61.3 Å². The van der Waals surface area contributed by atoms with Crippen molar-refractivity contribution in [2.24, 2.45) is 0 Å². The maximum Gasteiger partial charge on any atom is 0.0648 e. The minimum absolute atomic E-state index is 0.0806. The van der Waals surface area contributed by atoms with E-state index in [1.165, 1.54) is 6.07 Å². The Hall–Kier alpha value is -8.20. The number of rotatable bonds is 8. The number of hydrogen-bond acceptors (Lipinski definition) is 1. The lowest BCUT2D eigenvalue weighted by atomic mass is 9.82. The molecular formula is C63H46N2. The highest BCUT2D eigenvalue weighted by atomic mass is 15.1. The maximum absolute atomic E-state index is 10.2. The van der Waals surface area contributed by atoms with Crippen LogP contribution in [-0.4, -0.2) is 4.57 Å². The first-order valence-corrected chi connectivity index (χ1v) is 20.1. The van der Waals surface area contributed by atoms with Gasteiger partial charge in [0.15, 0.2) is 0 Å². The molecule has 0 amide bonds. The highest BCUT2D eigenvalue weighted by Crippen LogP contribution is 2.51. The number of aromatic nitrogens is 1. The summed E-state index contributed by atoms with van der Waals surface area (Å²) in [5.74, 6) is 0. The third-order valence-corrected chi connectivity index (χ3v) is 11.3. The normalized spacial score (nSPS) is 19.5. The van der Waals surface area contributed by atoms with Gasteiger partial charge >= 0.3 is 0 Å². The van der Waals surface area contributed by atoms with E-state index in [9.17, 15) is 16.4 Å². The lowest BCUT2D eigenvalue weighted by Gasteiger charge is -2.28. The smallest absolute Gasteiger partial charge is 0.0648 e. The molecule has 0 unspecified atom stereocenters. The van der Waals surface area contributed by atoms with Crippen LogP contribution in [0.4, 0.5) is 17.1 Å². The topological polar surface area (TPSA) is 8.17 Å². The van der Waals surface area contributed by atoms with Crippen molar-refractivity contribution in [3.63, 3.8) is 0 Å². The molecule has 0 bridgehead atoms. The summed E-state index contributed by atoms with van der Waals surface area (Å²) in [7, 11) is 0. The summed E-state index contributed by atoms with van der Waals surface area (Å²) in [6.07, 6.45) is 0. The number of para-hydroxylation sites is 1. The van der Waals surface area contributed by atoms with Crippen LogP contribution >= 0.6 is 0 Å². The van der Waals surface area contributed by atoms with Crippen LogP contribution in [0.25, 0.3) is 83.1 Å². The Labute approximate surface area is 423 Å². The summed E-state index contributed by atoms with van der Waals surface area (Å²) in [4.78, 5) is 0.302. The molecule has 0 aliphatic heterocycles. The third-order valence-electron chi connectivity index (χ3n) is 11.3. The molecule has 1 aliphatic rings. The number of nitrogens with zero attached hydrogens (tertiary/aromatic N) is 2. The first-order valence-electron chi connectivity index (χ1n) is 35.1. The number of anilines is 3. The molecule has 308 valence electrons. The van der Waals surface area contributed by atoms with Gasteiger partial charge in [0.25, 0.3) is 0 Å². The van der Waals surface area contributed by atoms with Crippen molar-refractivity contribution < 1.29 is 41.1 Å². The van der Waals surface area contributed by atoms with Crippen molar-refractivity contribution in [2.45, 2.75) is 19.1 Å². The fourth-order valence-electron chi connectivity index (χ4n) is 8.23. The first-order chi connectivity index (χ1) is 44.5. The standard InChI is InChI=1S/C63H46N2/c1-63(2)59-23-13-11-21-55(59)56-39-38-52(42-60(56)63)64(50-36-29-47(30-37-50)54-20-10-9-19-53(54)46-17-7-4-8-18-46)49-32-27-45(28-33-49)48-31-40-62-58(41-48)57-22-12-14-24-61(57)65(62)51-34-25-44(26-35-51)43-15-5-3-6-16-43/h3-42H,1-2H3/i1D3,2D3,4D,7D,8D,9D,10D,11D,13D,17D,18D,19D,20D,21D,23D,27D,28D,29D,30D,32D,33D,36D,37D,38D,39D,42D. The monoisotopic (exact) mass is 861 g/mol. The van der Waals surface area contributed by atoms with Gasteiger partial charge in [-0.15, -0.1) is 0 Å². The molecule has 11 aromatic rings. The first kappa shape index (κ1) is 18.5. The Morgan fingerprint density at radius 2 is 0.954 bits per heavy atom. The minimum Gasteiger partial charge on any atom is -0.310 e. The van der Waals surface area contributed by atoms with Gasteiger partial charge in [-0.25, -0.2) is 0 Å². The van der Waals surface area contributed by atoms with Crippen molar-refractivity contribution in [2.75, 3.05) is 4.90 Å². The lowest BCUT2D eigenvalue weighted by Crippen LogP contribution is -2.16. The summed E-state index contributed by atoms with van der Waals surface area (Å²) in [5.41, 5.74) is -11.6. The molecule has 0 radical (unpaired) electrons. The highest BCUT2D eigenvalue weighted by molar-refractivity contribution is 6.10. The fourth-order valence-corrected chi connectivity index (χ4v) is 8.23. The van der Waals surface area contributed by atoms with Gasteiger partial charge < -0.3 is 9.47 Å². The van der Waals surface area contributed by atoms with E-state index in [0.29, 0.717) is 21.2 Å². The summed E-state index contributed by atoms with van der Waals surface area (Å²) >= 11 is 0. The predicted molar refractivity (Wildman–Crippen MR) is 275 cm³/mol. The zero-order valence-electron chi connectivity index (χ0n) is 63.6. The van der Waals surface area contributed by atoms with Gasteiger partial charge in [0.2, 0.25) is 0 Å². The molecule has 0 atom stereocenters. The lowest BCUT2D eigenvalue weighted by molar-refractivity contribution is 0.660. The van der Waals surface area contributed by atoms with Gasteiger partial charge in [-0.3, -0.25) is 0 Å². The summed E-state index contributed by atoms with van der Waals surface area (Å²) in [6, 6.07) is 2.56. The van der Waals surface area contributed by atoms with Crippen molar-refractivity contribution >= 4 is 38.9 Å². The zero-order chi connectivity index (χ0) is 69.4. The van der Waals surface area contributed by atoms with Gasteiger partial charge in [0.05, 0.1) is 43.9 Å². The van der Waals surface area contributed by atoms with Crippen LogP contribution in [0.5, 0.6) is 0 Å². The molecule has 0 spiro atoms. The molecule has 0 N–H and O–H groups in total. The maximum atomic E-state index is 10.2. The molecule has 0 saturated carbocycles. The van der Waals surface area contributed by atoms with E-state index in [2.05, 4.69) is 0 Å². The number of benzene rings is 10. The highest BCUT2D eigenvalue weighted by Gasteiger charge is 2.35. The van der Waals surface area contributed by atoms with Gasteiger partial charge in [-0.1, -0.05) is 189 Å². The van der Waals surface area contributed by atoms with E-state index in [1.54, 1.807) is 18.2 Å². The molecule has 2 nitrogen and oxygen atoms in total. The van der Waals surface area contributed by atoms with E-state index in [-0.39, 0.29) is 5.56 Å². The Morgan fingerprint density at radius 1 is 0.400 bits per heavy atom. The zero-order valence-corrected chi connectivity index (χ0v) is 33.6. The van der Waals surface area contributed by atoms with E-state index in [4.69, 9.17) is 24.7 Å². The summed E-state index contributed by atoms with van der Waals surface area (Å²) in [5, 5.41) is 1.27. The van der Waals surface area contributed by atoms with Gasteiger partial charge in [-0.2, -0.15) is 0 Å². The van der Waals surface area contributed by atoms with Crippen LogP contribution in [0.3, 0.4) is 0 Å². The molecular weight excluding hydrogens is 785 g/mol. The second-order valence-electron chi connectivity index (χ2n) is 15.0. The van der Waals surface area contributed by atoms with Crippen LogP contribution in [0.15, 0.2) is 242 Å². The molecule has 1 aliphatic carbocycles. The van der Waals surface area contributed by atoms with Crippen molar-refractivity contribution in [1.82, 2.24) is 4.57 Å². The van der Waals surface area contributed by atoms with Crippen LogP contribution in [0.1, 0.15) is 66.0 Å². The van der Waals surface area contributed by atoms with E-state index in [0.717, 1.165) is 22.3 Å². The fraction of sp³-hybridized carbons (Fsp3) is 0.0476.